The van der Waals surface area contributed by atoms with E-state index in [0.717, 1.165) is 21.4 Å². The summed E-state index contributed by atoms with van der Waals surface area (Å²) in [5.74, 6) is 1.83. The molecule has 8 heteroatoms. The second kappa shape index (κ2) is 6.81. The van der Waals surface area contributed by atoms with Crippen LogP contribution in [0.2, 0.25) is 0 Å². The first-order valence-electron chi connectivity index (χ1n) is 8.35. The number of hydrogen-bond donors (Lipinski definition) is 0. The molecular formula is C20H11BrN4O2S. The van der Waals surface area contributed by atoms with Gasteiger partial charge >= 0.3 is 0 Å². The van der Waals surface area contributed by atoms with Gasteiger partial charge in [-0.2, -0.15) is 9.50 Å². The van der Waals surface area contributed by atoms with Crippen LogP contribution in [0.15, 0.2) is 74.6 Å². The third-order valence-electron chi connectivity index (χ3n) is 4.13. The summed E-state index contributed by atoms with van der Waals surface area (Å²) in [5.41, 5.74) is 1.52. The topological polar surface area (TPSA) is 73.3 Å². The summed E-state index contributed by atoms with van der Waals surface area (Å²) in [6, 6.07) is 15.2. The monoisotopic (exact) mass is 450 g/mol. The molecule has 6 nitrogen and oxygen atoms in total. The summed E-state index contributed by atoms with van der Waals surface area (Å²) in [5, 5.41) is 4.31. The first-order valence-corrected chi connectivity index (χ1v) is 9.96. The highest BCUT2D eigenvalue weighted by Gasteiger charge is 2.12. The second-order valence-electron chi connectivity index (χ2n) is 6.00. The van der Waals surface area contributed by atoms with E-state index in [4.69, 9.17) is 4.42 Å². The number of aromatic nitrogens is 4. The third kappa shape index (κ3) is 3.06. The van der Waals surface area contributed by atoms with Gasteiger partial charge in [0.05, 0.1) is 0 Å². The highest BCUT2D eigenvalue weighted by atomic mass is 79.9. The molecule has 136 valence electrons. The maximum atomic E-state index is 12.7. The standard InChI is InChI=1S/C20H11BrN4O2S/c21-14-5-3-12(4-6-14)16-8-7-15(27-16)10-17-19(26)25-20(28-17)23-18(24-25)13-2-1-9-22-11-13/h1-11H. The molecule has 0 bridgehead atoms. The van der Waals surface area contributed by atoms with Crippen molar-refractivity contribution >= 4 is 38.3 Å². The highest BCUT2D eigenvalue weighted by molar-refractivity contribution is 9.10. The fourth-order valence-corrected chi connectivity index (χ4v) is 3.93. The molecule has 0 aliphatic carbocycles. The van der Waals surface area contributed by atoms with E-state index in [0.29, 0.717) is 21.1 Å². The van der Waals surface area contributed by atoms with E-state index in [2.05, 4.69) is 31.0 Å². The number of thiazole rings is 1. The summed E-state index contributed by atoms with van der Waals surface area (Å²) < 4.78 is 8.71. The Kier molecular flexibility index (Phi) is 4.14. The summed E-state index contributed by atoms with van der Waals surface area (Å²) in [7, 11) is 0. The van der Waals surface area contributed by atoms with Crippen LogP contribution < -0.4 is 10.1 Å². The molecule has 0 aliphatic heterocycles. The molecule has 4 aromatic heterocycles. The van der Waals surface area contributed by atoms with Gasteiger partial charge in [0, 0.05) is 34.1 Å². The Hall–Kier alpha value is -3.10. The zero-order valence-corrected chi connectivity index (χ0v) is 16.6. The maximum absolute atomic E-state index is 12.7. The number of hydrogen-bond acceptors (Lipinski definition) is 6. The number of halogens is 1. The van der Waals surface area contributed by atoms with E-state index >= 15 is 0 Å². The number of rotatable bonds is 3. The zero-order chi connectivity index (χ0) is 19.1. The van der Waals surface area contributed by atoms with Gasteiger partial charge in [0.2, 0.25) is 4.96 Å². The van der Waals surface area contributed by atoms with E-state index in [9.17, 15) is 4.79 Å². The molecule has 5 rings (SSSR count). The summed E-state index contributed by atoms with van der Waals surface area (Å²) in [6.07, 6.45) is 5.07. The smallest absolute Gasteiger partial charge is 0.291 e. The lowest BCUT2D eigenvalue weighted by atomic mass is 10.2. The van der Waals surface area contributed by atoms with E-state index in [1.165, 1.54) is 15.9 Å². The van der Waals surface area contributed by atoms with E-state index in [1.54, 1.807) is 18.5 Å². The number of pyridine rings is 1. The van der Waals surface area contributed by atoms with Crippen LogP contribution in [0.3, 0.4) is 0 Å². The molecule has 5 aromatic rings. The quantitative estimate of drug-likeness (QED) is 0.418. The van der Waals surface area contributed by atoms with Crippen molar-refractivity contribution in [1.29, 1.82) is 0 Å². The van der Waals surface area contributed by atoms with Gasteiger partial charge in [0.25, 0.3) is 5.56 Å². The Bertz CT molecular complexity index is 1390. The first-order chi connectivity index (χ1) is 13.7. The zero-order valence-electron chi connectivity index (χ0n) is 14.2. The normalized spacial score (nSPS) is 12.1. The van der Waals surface area contributed by atoms with Crippen LogP contribution in [0.5, 0.6) is 0 Å². The van der Waals surface area contributed by atoms with Gasteiger partial charge in [-0.05, 0) is 36.4 Å². The highest BCUT2D eigenvalue weighted by Crippen LogP contribution is 2.24. The lowest BCUT2D eigenvalue weighted by Crippen LogP contribution is -2.23. The van der Waals surface area contributed by atoms with Gasteiger partial charge in [0.1, 0.15) is 16.1 Å². The molecule has 4 heterocycles. The van der Waals surface area contributed by atoms with Crippen molar-refractivity contribution < 1.29 is 4.42 Å². The fraction of sp³-hybridized carbons (Fsp3) is 0. The number of fused-ring (bicyclic) bond motifs is 1. The largest absolute Gasteiger partial charge is 0.457 e. The molecule has 0 radical (unpaired) electrons. The molecule has 0 atom stereocenters. The average Bonchev–Trinajstić information content (AvgIpc) is 3.41. The van der Waals surface area contributed by atoms with Gasteiger partial charge in [-0.15, -0.1) is 5.10 Å². The lowest BCUT2D eigenvalue weighted by Gasteiger charge is -1.96. The summed E-state index contributed by atoms with van der Waals surface area (Å²) in [4.78, 5) is 21.7. The molecule has 0 spiro atoms. The van der Waals surface area contributed by atoms with Crippen molar-refractivity contribution in [1.82, 2.24) is 19.6 Å². The fourth-order valence-electron chi connectivity index (χ4n) is 2.78. The van der Waals surface area contributed by atoms with Gasteiger partial charge < -0.3 is 4.42 Å². The minimum Gasteiger partial charge on any atom is -0.457 e. The molecule has 0 amide bonds. The Balaban J connectivity index is 1.52. The minimum atomic E-state index is -0.218. The van der Waals surface area contributed by atoms with Crippen LogP contribution in [0.1, 0.15) is 5.76 Å². The van der Waals surface area contributed by atoms with Crippen molar-refractivity contribution in [3.05, 3.63) is 86.0 Å². The van der Waals surface area contributed by atoms with Crippen LogP contribution in [0, 0.1) is 0 Å². The molecule has 0 saturated carbocycles. The summed E-state index contributed by atoms with van der Waals surface area (Å²) in [6.45, 7) is 0. The molecule has 28 heavy (non-hydrogen) atoms. The van der Waals surface area contributed by atoms with E-state index in [-0.39, 0.29) is 5.56 Å². The van der Waals surface area contributed by atoms with Crippen LogP contribution in [-0.4, -0.2) is 19.6 Å². The molecule has 0 unspecified atom stereocenters. The summed E-state index contributed by atoms with van der Waals surface area (Å²) >= 11 is 4.70. The van der Waals surface area contributed by atoms with E-state index < -0.39 is 0 Å². The second-order valence-corrected chi connectivity index (χ2v) is 7.92. The number of benzene rings is 1. The minimum absolute atomic E-state index is 0.218. The van der Waals surface area contributed by atoms with Crippen LogP contribution in [0.25, 0.3) is 33.7 Å². The molecule has 0 N–H and O–H groups in total. The van der Waals surface area contributed by atoms with Crippen molar-refractivity contribution in [3.8, 4) is 22.7 Å². The Labute approximate surface area is 170 Å². The predicted octanol–water partition coefficient (Wildman–Crippen LogP) is 3.78. The number of furan rings is 1. The van der Waals surface area contributed by atoms with Crippen LogP contribution in [0.4, 0.5) is 0 Å². The van der Waals surface area contributed by atoms with Gasteiger partial charge in [-0.25, -0.2) is 0 Å². The molecule has 0 aliphatic rings. The van der Waals surface area contributed by atoms with Crippen LogP contribution >= 0.6 is 27.3 Å². The Morgan fingerprint density at radius 1 is 1.07 bits per heavy atom. The number of nitrogens with zero attached hydrogens (tertiary/aromatic N) is 4. The van der Waals surface area contributed by atoms with Crippen molar-refractivity contribution in [2.24, 2.45) is 0 Å². The van der Waals surface area contributed by atoms with Gasteiger partial charge in [-0.3, -0.25) is 9.78 Å². The van der Waals surface area contributed by atoms with E-state index in [1.807, 2.05) is 48.5 Å². The van der Waals surface area contributed by atoms with Crippen molar-refractivity contribution in [3.63, 3.8) is 0 Å². The maximum Gasteiger partial charge on any atom is 0.291 e. The van der Waals surface area contributed by atoms with Crippen LogP contribution in [-0.2, 0) is 0 Å². The predicted molar refractivity (Wildman–Crippen MR) is 111 cm³/mol. The van der Waals surface area contributed by atoms with Crippen molar-refractivity contribution in [2.45, 2.75) is 0 Å². The lowest BCUT2D eigenvalue weighted by molar-refractivity contribution is 0.571. The average molecular weight is 451 g/mol. The van der Waals surface area contributed by atoms with Crippen molar-refractivity contribution in [2.75, 3.05) is 0 Å². The van der Waals surface area contributed by atoms with Gasteiger partial charge in [-0.1, -0.05) is 39.4 Å². The van der Waals surface area contributed by atoms with Gasteiger partial charge in [0.15, 0.2) is 5.82 Å². The molecule has 1 aromatic carbocycles. The molecule has 0 fully saturated rings. The third-order valence-corrected chi connectivity index (χ3v) is 5.62. The molecule has 0 saturated heterocycles. The SMILES string of the molecule is O=c1c(=Cc2ccc(-c3ccc(Br)cc3)o2)sc2nc(-c3cccnc3)nn12. The Morgan fingerprint density at radius 3 is 2.68 bits per heavy atom. The Morgan fingerprint density at radius 2 is 1.93 bits per heavy atom. The first kappa shape index (κ1) is 17.0. The molecular weight excluding hydrogens is 440 g/mol.